The number of alkyl halides is 1. The number of halogens is 4. The molecule has 0 bridgehead atoms. The molecule has 0 N–H and O–H groups in total. The van der Waals surface area contributed by atoms with Crippen LogP contribution in [-0.2, 0) is 19.3 Å². The van der Waals surface area contributed by atoms with Crippen molar-refractivity contribution in [1.82, 2.24) is 0 Å². The van der Waals surface area contributed by atoms with E-state index in [2.05, 4.69) is 20.8 Å². The number of hydrogen-bond donors (Lipinski definition) is 0. The molecule has 0 radical (unpaired) electrons. The van der Waals surface area contributed by atoms with Crippen molar-refractivity contribution in [3.8, 4) is 0 Å². The van der Waals surface area contributed by atoms with E-state index in [1.807, 2.05) is 6.92 Å². The Balaban J connectivity index is 2.85. The van der Waals surface area contributed by atoms with Crippen LogP contribution in [0.15, 0.2) is 0 Å². The zero-order valence-corrected chi connectivity index (χ0v) is 15.8. The molecular weight excluding hydrogens is 350 g/mol. The van der Waals surface area contributed by atoms with Gasteiger partial charge >= 0.3 is 0 Å². The molecule has 0 aromatic heterocycles. The maximum Gasteiger partial charge on any atom is 0.218 e. The predicted octanol–water partition coefficient (Wildman–Crippen LogP) is 6.26. The maximum atomic E-state index is 6.64. The van der Waals surface area contributed by atoms with Crippen LogP contribution >= 0.6 is 46.8 Å². The summed E-state index contributed by atoms with van der Waals surface area (Å²) in [6.07, 6.45) is 3.20. The van der Waals surface area contributed by atoms with Gasteiger partial charge in [-0.2, -0.15) is 0 Å². The molecule has 1 atom stereocenters. The number of benzene rings is 1. The molecule has 2 rings (SSSR count). The summed E-state index contributed by atoms with van der Waals surface area (Å²) in [5.41, 5.74) is 5.17. The van der Waals surface area contributed by atoms with E-state index >= 15 is 0 Å². The fourth-order valence-corrected chi connectivity index (χ4v) is 4.52. The van der Waals surface area contributed by atoms with Gasteiger partial charge in [0, 0.05) is 30.0 Å². The van der Waals surface area contributed by atoms with Gasteiger partial charge in [-0.3, -0.25) is 0 Å². The minimum absolute atomic E-state index is 0.568. The lowest BCUT2D eigenvalue weighted by Gasteiger charge is -2.31. The summed E-state index contributed by atoms with van der Waals surface area (Å²) in [5, 5.41) is -0.325. The minimum atomic E-state index is -0.990. The van der Waals surface area contributed by atoms with Gasteiger partial charge in [0.15, 0.2) is 0 Å². The van der Waals surface area contributed by atoms with Gasteiger partial charge in [0.05, 0.1) is 10.7 Å². The van der Waals surface area contributed by atoms with Crippen LogP contribution in [0.25, 0.3) is 0 Å². The quantitative estimate of drug-likeness (QED) is 0.351. The first kappa shape index (κ1) is 17.3. The summed E-state index contributed by atoms with van der Waals surface area (Å²) in [6.45, 7) is 8.30. The number of hydrogen-bond acceptors (Lipinski definition) is 2. The largest absolute Gasteiger partial charge is 0.243 e. The molecule has 0 aliphatic carbocycles. The second-order valence-corrected chi connectivity index (χ2v) is 6.80. The van der Waals surface area contributed by atoms with E-state index in [4.69, 9.17) is 46.8 Å². The lowest BCUT2D eigenvalue weighted by atomic mass is 9.93. The third-order valence-corrected chi connectivity index (χ3v) is 6.30. The lowest BCUT2D eigenvalue weighted by molar-refractivity contribution is 0.638. The Morgan fingerprint density at radius 3 is 1.71 bits per heavy atom. The molecule has 1 unspecified atom stereocenters. The standard InChI is InChI=1S/C15H20Cl4N2/c1-5-9-10(6-2)12(16)14-13(11(9)7-3)20(18)15(17,8-4)21(14)19/h5-8H2,1-4H3. The van der Waals surface area contributed by atoms with Crippen molar-refractivity contribution in [2.75, 3.05) is 8.84 Å². The molecule has 0 fully saturated rings. The van der Waals surface area contributed by atoms with Gasteiger partial charge in [0.1, 0.15) is 5.69 Å². The Bertz CT molecular complexity index is 561. The van der Waals surface area contributed by atoms with Crippen LogP contribution in [0, 0.1) is 0 Å². The van der Waals surface area contributed by atoms with Crippen LogP contribution in [-0.4, -0.2) is 5.12 Å². The fraction of sp³-hybridized carbons (Fsp3) is 0.600. The molecule has 0 saturated heterocycles. The van der Waals surface area contributed by atoms with Crippen molar-refractivity contribution in [2.45, 2.75) is 58.5 Å². The highest BCUT2D eigenvalue weighted by atomic mass is 35.5. The topological polar surface area (TPSA) is 6.48 Å². The molecular formula is C15H20Cl4N2. The zero-order valence-electron chi connectivity index (χ0n) is 12.7. The molecule has 1 aromatic carbocycles. The zero-order chi connectivity index (χ0) is 15.9. The van der Waals surface area contributed by atoms with E-state index in [0.29, 0.717) is 11.4 Å². The molecule has 1 heterocycles. The molecule has 0 amide bonds. The monoisotopic (exact) mass is 368 g/mol. The van der Waals surface area contributed by atoms with E-state index in [1.54, 1.807) is 4.42 Å². The second-order valence-electron chi connectivity index (χ2n) is 5.14. The van der Waals surface area contributed by atoms with E-state index < -0.39 is 5.12 Å². The highest BCUT2D eigenvalue weighted by Crippen LogP contribution is 2.57. The van der Waals surface area contributed by atoms with Crippen molar-refractivity contribution < 1.29 is 0 Å². The molecule has 118 valence electrons. The van der Waals surface area contributed by atoms with Crippen molar-refractivity contribution >= 4 is 58.1 Å². The summed E-state index contributed by atoms with van der Waals surface area (Å²) < 4.78 is 3.02. The van der Waals surface area contributed by atoms with Crippen LogP contribution in [0.1, 0.15) is 50.8 Å². The van der Waals surface area contributed by atoms with Crippen molar-refractivity contribution in [1.29, 1.82) is 0 Å². The molecule has 1 aliphatic rings. The first-order chi connectivity index (χ1) is 9.88. The predicted molar refractivity (Wildman–Crippen MR) is 95.1 cm³/mol. The van der Waals surface area contributed by atoms with Gasteiger partial charge in [-0.25, -0.2) is 8.84 Å². The first-order valence-corrected chi connectivity index (χ1v) is 8.79. The normalized spacial score (nSPS) is 21.1. The van der Waals surface area contributed by atoms with E-state index in [1.165, 1.54) is 15.5 Å². The minimum Gasteiger partial charge on any atom is -0.243 e. The molecule has 2 nitrogen and oxygen atoms in total. The van der Waals surface area contributed by atoms with Crippen molar-refractivity contribution in [2.24, 2.45) is 0 Å². The molecule has 0 saturated carbocycles. The Hall–Kier alpha value is -0.0200. The van der Waals surface area contributed by atoms with Gasteiger partial charge in [-0.05, 0) is 36.0 Å². The van der Waals surface area contributed by atoms with Gasteiger partial charge in [-0.1, -0.05) is 50.9 Å². The van der Waals surface area contributed by atoms with E-state index in [0.717, 1.165) is 36.2 Å². The second kappa shape index (κ2) is 6.23. The molecule has 6 heteroatoms. The third-order valence-electron chi connectivity index (χ3n) is 4.22. The first-order valence-electron chi connectivity index (χ1n) is 7.35. The molecule has 21 heavy (non-hydrogen) atoms. The maximum absolute atomic E-state index is 6.64. The molecule has 1 aliphatic heterocycles. The van der Waals surface area contributed by atoms with E-state index in [9.17, 15) is 0 Å². The Morgan fingerprint density at radius 1 is 0.810 bits per heavy atom. The Morgan fingerprint density at radius 2 is 1.29 bits per heavy atom. The number of rotatable bonds is 4. The summed E-state index contributed by atoms with van der Waals surface area (Å²) in [7, 11) is 0. The average molecular weight is 370 g/mol. The van der Waals surface area contributed by atoms with Crippen LogP contribution in [0.5, 0.6) is 0 Å². The van der Waals surface area contributed by atoms with Gasteiger partial charge in [0.25, 0.3) is 0 Å². The summed E-state index contributed by atoms with van der Waals surface area (Å²) >= 11 is 26.3. The lowest BCUT2D eigenvalue weighted by Crippen LogP contribution is -2.43. The Kier molecular flexibility index (Phi) is 5.15. The fourth-order valence-electron chi connectivity index (χ4n) is 3.11. The Labute approximate surface area is 147 Å². The average Bonchev–Trinajstić information content (AvgIpc) is 2.69. The third kappa shape index (κ3) is 2.30. The van der Waals surface area contributed by atoms with Gasteiger partial charge in [0.2, 0.25) is 5.12 Å². The van der Waals surface area contributed by atoms with Gasteiger partial charge < -0.3 is 0 Å². The molecule has 0 spiro atoms. The number of nitrogens with zero attached hydrogens (tertiary/aromatic N) is 2. The summed E-state index contributed by atoms with van der Waals surface area (Å²) in [5.74, 6) is 0. The van der Waals surface area contributed by atoms with Crippen LogP contribution < -0.4 is 8.84 Å². The van der Waals surface area contributed by atoms with Crippen LogP contribution in [0.4, 0.5) is 11.4 Å². The highest BCUT2D eigenvalue weighted by Gasteiger charge is 2.49. The van der Waals surface area contributed by atoms with Crippen molar-refractivity contribution in [3.05, 3.63) is 21.7 Å². The number of anilines is 2. The summed E-state index contributed by atoms with van der Waals surface area (Å²) in [4.78, 5) is 0. The van der Waals surface area contributed by atoms with Gasteiger partial charge in [-0.15, -0.1) is 0 Å². The SMILES string of the molecule is CCc1c(Cl)c2c(c(CC)c1CC)N(Cl)C(Cl)(CC)N2Cl. The summed E-state index contributed by atoms with van der Waals surface area (Å²) in [6, 6.07) is 0. The van der Waals surface area contributed by atoms with Crippen LogP contribution in [0.2, 0.25) is 5.02 Å². The van der Waals surface area contributed by atoms with E-state index in [-0.39, 0.29) is 0 Å². The highest BCUT2D eigenvalue weighted by molar-refractivity contribution is 6.48. The molecule has 1 aromatic rings. The number of fused-ring (bicyclic) bond motifs is 1. The smallest absolute Gasteiger partial charge is 0.218 e. The van der Waals surface area contributed by atoms with Crippen molar-refractivity contribution in [3.63, 3.8) is 0 Å². The van der Waals surface area contributed by atoms with Crippen LogP contribution in [0.3, 0.4) is 0 Å².